The second-order valence-electron chi connectivity index (χ2n) is 9.74. The van der Waals surface area contributed by atoms with Gasteiger partial charge in [-0.2, -0.15) is 4.91 Å². The molecule has 0 aromatic rings. The van der Waals surface area contributed by atoms with Crippen LogP contribution in [0.25, 0.3) is 0 Å². The summed E-state index contributed by atoms with van der Waals surface area (Å²) in [5.41, 5.74) is -1.23. The SMILES string of the molecule is C[C@]12CCC3C(C=C[C@]4(O)C[C@@H](N=O)CC[C@]34C)C1[C@@H]1C[C@@H]1C2=O. The maximum atomic E-state index is 12.8. The average molecular weight is 329 g/mol. The number of nitrogens with zero attached hydrogens (tertiary/aromatic N) is 1. The van der Waals surface area contributed by atoms with Crippen LogP contribution in [-0.2, 0) is 4.79 Å². The molecule has 0 saturated heterocycles. The molecule has 0 heterocycles. The number of Topliss-reactive ketones (excluding diaryl/α,β-unsaturated/α-hetero) is 1. The van der Waals surface area contributed by atoms with Gasteiger partial charge in [-0.25, -0.2) is 0 Å². The van der Waals surface area contributed by atoms with E-state index in [4.69, 9.17) is 0 Å². The molecule has 0 aromatic carbocycles. The van der Waals surface area contributed by atoms with Crippen molar-refractivity contribution in [1.29, 1.82) is 0 Å². The molecule has 24 heavy (non-hydrogen) atoms. The van der Waals surface area contributed by atoms with Crippen molar-refractivity contribution in [1.82, 2.24) is 0 Å². The van der Waals surface area contributed by atoms with E-state index in [2.05, 4.69) is 25.1 Å². The molecule has 5 aliphatic rings. The molecule has 0 bridgehead atoms. The van der Waals surface area contributed by atoms with Gasteiger partial charge >= 0.3 is 0 Å². The zero-order valence-electron chi connectivity index (χ0n) is 14.6. The lowest BCUT2D eigenvalue weighted by Gasteiger charge is -2.61. The highest BCUT2D eigenvalue weighted by molar-refractivity contribution is 5.92. The van der Waals surface area contributed by atoms with Gasteiger partial charge in [0.15, 0.2) is 0 Å². The number of nitroso groups, excluding NO2 is 1. The normalized spacial score (nSPS) is 60.7. The number of hydrogen-bond donors (Lipinski definition) is 1. The van der Waals surface area contributed by atoms with Gasteiger partial charge in [0.25, 0.3) is 0 Å². The van der Waals surface area contributed by atoms with Crippen LogP contribution in [0.15, 0.2) is 17.3 Å². The van der Waals surface area contributed by atoms with Gasteiger partial charge in [0, 0.05) is 23.2 Å². The summed E-state index contributed by atoms with van der Waals surface area (Å²) in [7, 11) is 0. The summed E-state index contributed by atoms with van der Waals surface area (Å²) in [4.78, 5) is 23.8. The number of hydrogen-bond acceptors (Lipinski definition) is 4. The molecule has 9 atom stereocenters. The van der Waals surface area contributed by atoms with Crippen molar-refractivity contribution >= 4 is 5.78 Å². The minimum absolute atomic E-state index is 0.132. The lowest BCUT2D eigenvalue weighted by molar-refractivity contribution is -0.156. The first-order valence-electron chi connectivity index (χ1n) is 9.63. The van der Waals surface area contributed by atoms with Crippen molar-refractivity contribution in [3.05, 3.63) is 17.1 Å². The molecule has 5 aliphatic carbocycles. The van der Waals surface area contributed by atoms with Crippen molar-refractivity contribution in [2.24, 2.45) is 45.6 Å². The van der Waals surface area contributed by atoms with Crippen molar-refractivity contribution in [2.75, 3.05) is 0 Å². The number of allylic oxidation sites excluding steroid dienone is 1. The van der Waals surface area contributed by atoms with Crippen LogP contribution < -0.4 is 0 Å². The van der Waals surface area contributed by atoms with E-state index >= 15 is 0 Å². The topological polar surface area (TPSA) is 66.7 Å². The first-order valence-corrected chi connectivity index (χ1v) is 9.63. The van der Waals surface area contributed by atoms with Crippen molar-refractivity contribution in [3.8, 4) is 0 Å². The van der Waals surface area contributed by atoms with Gasteiger partial charge in [0.2, 0.25) is 0 Å². The summed E-state index contributed by atoms with van der Waals surface area (Å²) in [5, 5.41) is 14.6. The average Bonchev–Trinajstić information content (AvgIpc) is 3.30. The smallest absolute Gasteiger partial charge is 0.142 e. The number of carbonyl (C=O) groups excluding carboxylic acids is 1. The highest BCUT2D eigenvalue weighted by Crippen LogP contribution is 2.71. The largest absolute Gasteiger partial charge is 0.385 e. The van der Waals surface area contributed by atoms with Crippen LogP contribution >= 0.6 is 0 Å². The standard InChI is InChI=1S/C20H27NO3/c1-18-6-5-15-12(16(18)13-9-14(13)17(18)22)4-8-20(23)10-11(21-24)3-7-19(15,20)2/h4,8,11-16,23H,3,5-7,9-10H2,1-2H3/t11-,12?,13+,14-,15?,16?,18-,19+,20-/m0/s1. The maximum Gasteiger partial charge on any atom is 0.142 e. The molecule has 4 heteroatoms. The van der Waals surface area contributed by atoms with Crippen molar-refractivity contribution < 1.29 is 9.90 Å². The summed E-state index contributed by atoms with van der Waals surface area (Å²) in [5.74, 6) is 2.73. The molecular weight excluding hydrogens is 302 g/mol. The van der Waals surface area contributed by atoms with Crippen LogP contribution in [0.1, 0.15) is 52.4 Å². The summed E-state index contributed by atoms with van der Waals surface area (Å²) in [6, 6.07) is -0.265. The molecule has 0 radical (unpaired) electrons. The van der Waals surface area contributed by atoms with Crippen LogP contribution in [0.2, 0.25) is 0 Å². The molecule has 3 unspecified atom stereocenters. The van der Waals surface area contributed by atoms with Gasteiger partial charge in [0.1, 0.15) is 5.78 Å². The number of carbonyl (C=O) groups is 1. The van der Waals surface area contributed by atoms with Crippen LogP contribution in [-0.4, -0.2) is 22.5 Å². The summed E-state index contributed by atoms with van der Waals surface area (Å²) in [6.07, 6.45) is 9.38. The molecular formula is C20H27NO3. The highest BCUT2D eigenvalue weighted by Gasteiger charge is 2.71. The highest BCUT2D eigenvalue weighted by atomic mass is 16.3. The van der Waals surface area contributed by atoms with Crippen molar-refractivity contribution in [3.63, 3.8) is 0 Å². The van der Waals surface area contributed by atoms with Crippen LogP contribution in [0, 0.1) is 45.3 Å². The molecule has 4 nitrogen and oxygen atoms in total. The van der Waals surface area contributed by atoms with E-state index in [1.54, 1.807) is 0 Å². The third-order valence-electron chi connectivity index (χ3n) is 8.88. The zero-order valence-corrected chi connectivity index (χ0v) is 14.6. The number of rotatable bonds is 1. The number of aliphatic hydroxyl groups is 1. The van der Waals surface area contributed by atoms with Crippen molar-refractivity contribution in [2.45, 2.75) is 64.0 Å². The molecule has 0 spiro atoms. The third kappa shape index (κ3) is 1.57. The van der Waals surface area contributed by atoms with E-state index in [1.165, 1.54) is 0 Å². The van der Waals surface area contributed by atoms with E-state index in [9.17, 15) is 14.8 Å². The molecule has 0 aliphatic heterocycles. The molecule has 0 aromatic heterocycles. The van der Waals surface area contributed by atoms with Crippen LogP contribution in [0.3, 0.4) is 0 Å². The second kappa shape index (κ2) is 4.38. The van der Waals surface area contributed by atoms with E-state index in [0.717, 1.165) is 32.1 Å². The Kier molecular flexibility index (Phi) is 2.78. The van der Waals surface area contributed by atoms with Gasteiger partial charge in [-0.05, 0) is 55.8 Å². The zero-order chi connectivity index (χ0) is 16.9. The van der Waals surface area contributed by atoms with E-state index in [-0.39, 0.29) is 16.9 Å². The predicted molar refractivity (Wildman–Crippen MR) is 90.0 cm³/mol. The van der Waals surface area contributed by atoms with Gasteiger partial charge in [0.05, 0.1) is 11.6 Å². The first-order chi connectivity index (χ1) is 11.3. The fourth-order valence-corrected chi connectivity index (χ4v) is 7.37. The molecule has 4 saturated carbocycles. The lowest BCUT2D eigenvalue weighted by Crippen LogP contribution is -2.61. The van der Waals surface area contributed by atoms with Gasteiger partial charge in [-0.3, -0.25) is 4.79 Å². The number of fused-ring (bicyclic) bond motifs is 7. The Morgan fingerprint density at radius 1 is 1.25 bits per heavy atom. The quantitative estimate of drug-likeness (QED) is 0.591. The monoisotopic (exact) mass is 329 g/mol. The lowest BCUT2D eigenvalue weighted by atomic mass is 9.45. The molecule has 1 N–H and O–H groups in total. The predicted octanol–water partition coefficient (Wildman–Crippen LogP) is 3.48. The fourth-order valence-electron chi connectivity index (χ4n) is 7.37. The van der Waals surface area contributed by atoms with E-state index in [1.807, 2.05) is 6.08 Å². The Labute approximate surface area is 143 Å². The first kappa shape index (κ1) is 15.2. The van der Waals surface area contributed by atoms with Crippen LogP contribution in [0.4, 0.5) is 0 Å². The minimum atomic E-state index is -0.912. The van der Waals surface area contributed by atoms with E-state index < -0.39 is 5.60 Å². The summed E-state index contributed by atoms with van der Waals surface area (Å²) in [6.45, 7) is 4.42. The van der Waals surface area contributed by atoms with E-state index in [0.29, 0.717) is 41.8 Å². The second-order valence-corrected chi connectivity index (χ2v) is 9.74. The molecule has 0 amide bonds. The fraction of sp³-hybridized carbons (Fsp3) is 0.850. The molecule has 4 fully saturated rings. The van der Waals surface area contributed by atoms with Gasteiger partial charge < -0.3 is 5.11 Å². The summed E-state index contributed by atoms with van der Waals surface area (Å²) >= 11 is 0. The Balaban J connectivity index is 1.56. The van der Waals surface area contributed by atoms with Gasteiger partial charge in [-0.15, -0.1) is 0 Å². The Morgan fingerprint density at radius 2 is 2.04 bits per heavy atom. The van der Waals surface area contributed by atoms with Crippen LogP contribution in [0.5, 0.6) is 0 Å². The molecule has 5 rings (SSSR count). The Bertz CT molecular complexity index is 659. The summed E-state index contributed by atoms with van der Waals surface area (Å²) < 4.78 is 0. The third-order valence-corrected chi connectivity index (χ3v) is 8.88. The number of ketones is 1. The maximum absolute atomic E-state index is 12.8. The Hall–Kier alpha value is -1.03. The minimum Gasteiger partial charge on any atom is -0.385 e. The molecule has 130 valence electrons. The Morgan fingerprint density at radius 3 is 2.79 bits per heavy atom. The van der Waals surface area contributed by atoms with Gasteiger partial charge in [-0.1, -0.05) is 31.2 Å².